The van der Waals surface area contributed by atoms with E-state index in [2.05, 4.69) is 11.9 Å². The van der Waals surface area contributed by atoms with Crippen molar-refractivity contribution in [3.05, 3.63) is 45.7 Å². The zero-order valence-electron chi connectivity index (χ0n) is 9.28. The van der Waals surface area contributed by atoms with Crippen molar-refractivity contribution in [3.8, 4) is 0 Å². The van der Waals surface area contributed by atoms with Crippen LogP contribution < -0.4 is 5.32 Å². The average Bonchev–Trinajstić information content (AvgIpc) is 2.21. The second-order valence-corrected chi connectivity index (χ2v) is 4.60. The third kappa shape index (κ3) is 3.21. The first-order chi connectivity index (χ1) is 7.43. The van der Waals surface area contributed by atoms with Gasteiger partial charge in [0.1, 0.15) is 5.82 Å². The molecule has 1 atom stereocenters. The molecular weight excluding hydrogens is 248 g/mol. The zero-order valence-corrected chi connectivity index (χ0v) is 10.8. The summed E-state index contributed by atoms with van der Waals surface area (Å²) in [6.07, 6.45) is 0. The van der Waals surface area contributed by atoms with E-state index in [4.69, 9.17) is 23.2 Å². The maximum Gasteiger partial charge on any atom is 0.142 e. The molecule has 0 heterocycles. The van der Waals surface area contributed by atoms with Crippen LogP contribution in [0.4, 0.5) is 4.39 Å². The fourth-order valence-corrected chi connectivity index (χ4v) is 2.07. The molecule has 1 unspecified atom stereocenters. The van der Waals surface area contributed by atoms with Crippen molar-refractivity contribution >= 4 is 23.2 Å². The molecule has 1 nitrogen and oxygen atoms in total. The summed E-state index contributed by atoms with van der Waals surface area (Å²) in [6, 6.07) is 2.66. The van der Waals surface area contributed by atoms with Gasteiger partial charge in [0.15, 0.2) is 0 Å². The van der Waals surface area contributed by atoms with E-state index in [1.54, 1.807) is 0 Å². The summed E-state index contributed by atoms with van der Waals surface area (Å²) in [4.78, 5) is 0. The zero-order chi connectivity index (χ0) is 12.3. The topological polar surface area (TPSA) is 12.0 Å². The first-order valence-electron chi connectivity index (χ1n) is 4.94. The predicted octanol–water partition coefficient (Wildman–Crippen LogP) is 4.36. The molecule has 0 aliphatic rings. The summed E-state index contributed by atoms with van der Waals surface area (Å²) in [5, 5.41) is 3.72. The van der Waals surface area contributed by atoms with Gasteiger partial charge >= 0.3 is 0 Å². The molecule has 0 aliphatic carbocycles. The van der Waals surface area contributed by atoms with E-state index in [-0.39, 0.29) is 11.1 Å². The van der Waals surface area contributed by atoms with E-state index in [0.717, 1.165) is 5.57 Å². The Kier molecular flexibility index (Phi) is 4.78. The SMILES string of the molecule is C=C(C)CNC(C)c1c(Cl)ccc(F)c1Cl. The average molecular weight is 262 g/mol. The van der Waals surface area contributed by atoms with Crippen molar-refractivity contribution in [2.75, 3.05) is 6.54 Å². The smallest absolute Gasteiger partial charge is 0.142 e. The van der Waals surface area contributed by atoms with Gasteiger partial charge in [-0.05, 0) is 26.0 Å². The highest BCUT2D eigenvalue weighted by Gasteiger charge is 2.16. The lowest BCUT2D eigenvalue weighted by Gasteiger charge is -2.17. The first kappa shape index (κ1) is 13.5. The van der Waals surface area contributed by atoms with Gasteiger partial charge in [-0.15, -0.1) is 0 Å². The summed E-state index contributed by atoms with van der Waals surface area (Å²) in [5.74, 6) is -0.454. The quantitative estimate of drug-likeness (QED) is 0.628. The van der Waals surface area contributed by atoms with E-state index in [0.29, 0.717) is 17.1 Å². The van der Waals surface area contributed by atoms with Crippen LogP contribution in [0.25, 0.3) is 0 Å². The summed E-state index contributed by atoms with van der Waals surface area (Å²) >= 11 is 11.9. The van der Waals surface area contributed by atoms with Gasteiger partial charge in [0.05, 0.1) is 5.02 Å². The molecule has 88 valence electrons. The van der Waals surface area contributed by atoms with Crippen molar-refractivity contribution in [1.82, 2.24) is 5.32 Å². The van der Waals surface area contributed by atoms with Gasteiger partial charge in [-0.3, -0.25) is 0 Å². The fourth-order valence-electron chi connectivity index (χ4n) is 1.37. The van der Waals surface area contributed by atoms with Crippen LogP contribution in [0.3, 0.4) is 0 Å². The highest BCUT2D eigenvalue weighted by Crippen LogP contribution is 2.32. The van der Waals surface area contributed by atoms with E-state index in [9.17, 15) is 4.39 Å². The maximum atomic E-state index is 13.3. The van der Waals surface area contributed by atoms with Crippen LogP contribution in [0.15, 0.2) is 24.3 Å². The molecule has 0 amide bonds. The fraction of sp³-hybridized carbons (Fsp3) is 0.333. The largest absolute Gasteiger partial charge is 0.306 e. The lowest BCUT2D eigenvalue weighted by molar-refractivity contribution is 0.590. The van der Waals surface area contributed by atoms with Gasteiger partial charge in [0.2, 0.25) is 0 Å². The minimum atomic E-state index is -0.454. The highest BCUT2D eigenvalue weighted by atomic mass is 35.5. The molecule has 1 rings (SSSR count). The molecule has 0 aromatic heterocycles. The molecular formula is C12H14Cl2FN. The number of hydrogen-bond donors (Lipinski definition) is 1. The molecule has 0 radical (unpaired) electrons. The van der Waals surface area contributed by atoms with E-state index in [1.807, 2.05) is 13.8 Å². The number of nitrogens with one attached hydrogen (secondary N) is 1. The van der Waals surface area contributed by atoms with Gasteiger partial charge in [-0.25, -0.2) is 4.39 Å². The summed E-state index contributed by atoms with van der Waals surface area (Å²) in [7, 11) is 0. The lowest BCUT2D eigenvalue weighted by Crippen LogP contribution is -2.21. The minimum absolute atomic E-state index is 0.0780. The molecule has 1 aromatic carbocycles. The Morgan fingerprint density at radius 3 is 2.69 bits per heavy atom. The molecule has 0 spiro atoms. The highest BCUT2D eigenvalue weighted by molar-refractivity contribution is 6.36. The maximum absolute atomic E-state index is 13.3. The van der Waals surface area contributed by atoms with E-state index in [1.165, 1.54) is 12.1 Å². The van der Waals surface area contributed by atoms with Crippen molar-refractivity contribution < 1.29 is 4.39 Å². The van der Waals surface area contributed by atoms with Crippen LogP contribution in [-0.4, -0.2) is 6.54 Å². The van der Waals surface area contributed by atoms with Gasteiger partial charge < -0.3 is 5.32 Å². The Labute approximate surface area is 105 Å². The molecule has 0 aliphatic heterocycles. The van der Waals surface area contributed by atoms with Crippen LogP contribution in [-0.2, 0) is 0 Å². The van der Waals surface area contributed by atoms with Crippen LogP contribution in [0.2, 0.25) is 10.0 Å². The van der Waals surface area contributed by atoms with Crippen LogP contribution in [0, 0.1) is 5.82 Å². The van der Waals surface area contributed by atoms with E-state index >= 15 is 0 Å². The second-order valence-electron chi connectivity index (χ2n) is 3.82. The summed E-state index contributed by atoms with van der Waals surface area (Å²) in [5.41, 5.74) is 1.58. The standard InChI is InChI=1S/C12H14Cl2FN/c1-7(2)6-16-8(3)11-9(13)4-5-10(15)12(11)14/h4-5,8,16H,1,6H2,2-3H3. The molecule has 4 heteroatoms. The third-order valence-electron chi connectivity index (χ3n) is 2.22. The van der Waals surface area contributed by atoms with Crippen LogP contribution in [0.5, 0.6) is 0 Å². The minimum Gasteiger partial charge on any atom is -0.306 e. The predicted molar refractivity (Wildman–Crippen MR) is 67.7 cm³/mol. The number of benzene rings is 1. The molecule has 1 aromatic rings. The Bertz CT molecular complexity index is 404. The van der Waals surface area contributed by atoms with Crippen LogP contribution in [0.1, 0.15) is 25.5 Å². The Morgan fingerprint density at radius 2 is 2.12 bits per heavy atom. The van der Waals surface area contributed by atoms with Gasteiger partial charge in [0, 0.05) is 23.2 Å². The summed E-state index contributed by atoms with van der Waals surface area (Å²) < 4.78 is 13.3. The molecule has 0 fully saturated rings. The monoisotopic (exact) mass is 261 g/mol. The lowest BCUT2D eigenvalue weighted by atomic mass is 10.1. The molecule has 1 N–H and O–H groups in total. The van der Waals surface area contributed by atoms with Crippen molar-refractivity contribution in [3.63, 3.8) is 0 Å². The molecule has 16 heavy (non-hydrogen) atoms. The van der Waals surface area contributed by atoms with Crippen molar-refractivity contribution in [2.24, 2.45) is 0 Å². The third-order valence-corrected chi connectivity index (χ3v) is 2.94. The van der Waals surface area contributed by atoms with Gasteiger partial charge in [0.25, 0.3) is 0 Å². The molecule has 0 saturated carbocycles. The van der Waals surface area contributed by atoms with Gasteiger partial charge in [-0.1, -0.05) is 35.4 Å². The normalized spacial score (nSPS) is 12.6. The molecule has 0 bridgehead atoms. The second kappa shape index (κ2) is 5.67. The van der Waals surface area contributed by atoms with Gasteiger partial charge in [-0.2, -0.15) is 0 Å². The Morgan fingerprint density at radius 1 is 1.50 bits per heavy atom. The van der Waals surface area contributed by atoms with E-state index < -0.39 is 5.82 Å². The Balaban J connectivity index is 2.94. The number of rotatable bonds is 4. The van der Waals surface area contributed by atoms with Crippen molar-refractivity contribution in [2.45, 2.75) is 19.9 Å². The van der Waals surface area contributed by atoms with Crippen LogP contribution >= 0.6 is 23.2 Å². The number of halogens is 3. The summed E-state index contributed by atoms with van der Waals surface area (Å²) in [6.45, 7) is 8.22. The van der Waals surface area contributed by atoms with Crippen molar-refractivity contribution in [1.29, 1.82) is 0 Å². The Hall–Kier alpha value is -0.570. The first-order valence-corrected chi connectivity index (χ1v) is 5.70. The molecule has 0 saturated heterocycles. The number of hydrogen-bond acceptors (Lipinski definition) is 1.